The molecule has 0 bridgehead atoms. The average Bonchev–Trinajstić information content (AvgIpc) is 2.35. The number of hydrogen-bond acceptors (Lipinski definition) is 4. The molecule has 1 N–H and O–H groups in total. The Morgan fingerprint density at radius 3 is 2.41 bits per heavy atom. The molecule has 2 rings (SSSR count). The lowest BCUT2D eigenvalue weighted by Gasteiger charge is -2.38. The molecule has 4 nitrogen and oxygen atoms in total. The number of esters is 1. The normalized spacial score (nSPS) is 29.2. The van der Waals surface area contributed by atoms with E-state index < -0.39 is 23.1 Å². The molecular formula is C18H24O4. The number of ketones is 1. The summed E-state index contributed by atoms with van der Waals surface area (Å²) in [6.45, 7) is 7.00. The third kappa shape index (κ3) is 3.95. The van der Waals surface area contributed by atoms with Gasteiger partial charge in [-0.05, 0) is 39.7 Å². The van der Waals surface area contributed by atoms with Crippen molar-refractivity contribution in [2.45, 2.75) is 57.7 Å². The molecule has 0 spiro atoms. The zero-order chi connectivity index (χ0) is 16.5. The van der Waals surface area contributed by atoms with Gasteiger partial charge in [0.05, 0.1) is 5.60 Å². The Labute approximate surface area is 131 Å². The van der Waals surface area contributed by atoms with Gasteiger partial charge >= 0.3 is 5.97 Å². The molecule has 1 saturated carbocycles. The maximum Gasteiger partial charge on any atom is 0.317 e. The standard InChI is InChI=1S/C18H24O4/c1-17(2,3)22-16(20)15-13(12-8-6-5-7-9-12)10-18(4,21)11-14(15)19/h5-9,13,15,21H,10-11H2,1-4H3/t13-,15+,18+/m0/s1. The average molecular weight is 304 g/mol. The van der Waals surface area contributed by atoms with Gasteiger partial charge in [0.25, 0.3) is 0 Å². The zero-order valence-corrected chi connectivity index (χ0v) is 13.6. The molecule has 0 aromatic heterocycles. The molecule has 1 aromatic carbocycles. The SMILES string of the molecule is CC(C)(C)OC(=O)[C@H]1C(=O)C[C@](C)(O)C[C@H]1c1ccccc1. The van der Waals surface area contributed by atoms with Gasteiger partial charge in [-0.15, -0.1) is 0 Å². The highest BCUT2D eigenvalue weighted by atomic mass is 16.6. The van der Waals surface area contributed by atoms with Crippen LogP contribution in [0.15, 0.2) is 30.3 Å². The lowest BCUT2D eigenvalue weighted by molar-refractivity contribution is -0.166. The summed E-state index contributed by atoms with van der Waals surface area (Å²) in [7, 11) is 0. The maximum absolute atomic E-state index is 12.5. The van der Waals surface area contributed by atoms with Gasteiger partial charge in [-0.1, -0.05) is 30.3 Å². The number of benzene rings is 1. The number of carbonyl (C=O) groups excluding carboxylic acids is 2. The molecule has 1 aliphatic carbocycles. The number of ether oxygens (including phenoxy) is 1. The molecule has 0 radical (unpaired) electrons. The predicted molar refractivity (Wildman–Crippen MR) is 83.4 cm³/mol. The minimum absolute atomic E-state index is 0.0136. The van der Waals surface area contributed by atoms with Crippen LogP contribution in [0.2, 0.25) is 0 Å². The fraction of sp³-hybridized carbons (Fsp3) is 0.556. The van der Waals surface area contributed by atoms with Crippen molar-refractivity contribution in [3.63, 3.8) is 0 Å². The number of aliphatic hydroxyl groups is 1. The van der Waals surface area contributed by atoms with Gasteiger partial charge in [0, 0.05) is 12.3 Å². The van der Waals surface area contributed by atoms with Crippen molar-refractivity contribution in [3.8, 4) is 0 Å². The van der Waals surface area contributed by atoms with Crippen molar-refractivity contribution >= 4 is 11.8 Å². The summed E-state index contributed by atoms with van der Waals surface area (Å²) in [6.07, 6.45) is 0.354. The lowest BCUT2D eigenvalue weighted by atomic mass is 9.69. The summed E-state index contributed by atoms with van der Waals surface area (Å²) in [6, 6.07) is 9.40. The fourth-order valence-electron chi connectivity index (χ4n) is 3.04. The summed E-state index contributed by atoms with van der Waals surface area (Å²) in [5, 5.41) is 10.3. The summed E-state index contributed by atoms with van der Waals surface area (Å²) in [5.41, 5.74) is -0.846. The first-order chi connectivity index (χ1) is 10.1. The molecule has 22 heavy (non-hydrogen) atoms. The third-order valence-electron chi connectivity index (χ3n) is 3.85. The molecular weight excluding hydrogens is 280 g/mol. The van der Waals surface area contributed by atoms with Crippen molar-refractivity contribution in [3.05, 3.63) is 35.9 Å². The van der Waals surface area contributed by atoms with Gasteiger partial charge in [-0.2, -0.15) is 0 Å². The molecule has 3 atom stereocenters. The largest absolute Gasteiger partial charge is 0.459 e. The lowest BCUT2D eigenvalue weighted by Crippen LogP contribution is -2.46. The van der Waals surface area contributed by atoms with Crippen LogP contribution in [0.1, 0.15) is 52.0 Å². The first kappa shape index (κ1) is 16.7. The first-order valence-electron chi connectivity index (χ1n) is 7.62. The van der Waals surface area contributed by atoms with E-state index in [0.717, 1.165) is 5.56 Å². The van der Waals surface area contributed by atoms with Gasteiger partial charge < -0.3 is 9.84 Å². The molecule has 0 unspecified atom stereocenters. The van der Waals surface area contributed by atoms with Crippen LogP contribution >= 0.6 is 0 Å². The molecule has 0 aliphatic heterocycles. The Morgan fingerprint density at radius 1 is 1.27 bits per heavy atom. The quantitative estimate of drug-likeness (QED) is 0.674. The molecule has 1 aliphatic rings. The van der Waals surface area contributed by atoms with E-state index in [4.69, 9.17) is 4.74 Å². The molecule has 1 fully saturated rings. The van der Waals surface area contributed by atoms with Crippen LogP contribution in [0.5, 0.6) is 0 Å². The number of carbonyl (C=O) groups is 2. The van der Waals surface area contributed by atoms with Gasteiger partial charge in [-0.3, -0.25) is 9.59 Å². The summed E-state index contributed by atoms with van der Waals surface area (Å²) < 4.78 is 5.43. The van der Waals surface area contributed by atoms with Crippen LogP contribution in [0.3, 0.4) is 0 Å². The monoisotopic (exact) mass is 304 g/mol. The molecule has 0 saturated heterocycles. The summed E-state index contributed by atoms with van der Waals surface area (Å²) in [5.74, 6) is -1.95. The molecule has 1 aromatic rings. The second kappa shape index (κ2) is 5.84. The van der Waals surface area contributed by atoms with E-state index >= 15 is 0 Å². The van der Waals surface area contributed by atoms with Gasteiger partial charge in [-0.25, -0.2) is 0 Å². The van der Waals surface area contributed by atoms with Crippen molar-refractivity contribution in [1.29, 1.82) is 0 Å². The Bertz CT molecular complexity index is 554. The highest BCUT2D eigenvalue weighted by Crippen LogP contribution is 2.41. The fourth-order valence-corrected chi connectivity index (χ4v) is 3.04. The van der Waals surface area contributed by atoms with E-state index in [-0.39, 0.29) is 18.1 Å². The van der Waals surface area contributed by atoms with E-state index in [1.165, 1.54) is 0 Å². The van der Waals surface area contributed by atoms with Crippen LogP contribution in [0, 0.1) is 5.92 Å². The Balaban J connectivity index is 2.35. The van der Waals surface area contributed by atoms with Crippen molar-refractivity contribution in [2.24, 2.45) is 5.92 Å². The minimum Gasteiger partial charge on any atom is -0.459 e. The molecule has 4 heteroatoms. The summed E-state index contributed by atoms with van der Waals surface area (Å²) >= 11 is 0. The van der Waals surface area contributed by atoms with E-state index in [0.29, 0.717) is 6.42 Å². The number of rotatable bonds is 2. The molecule has 120 valence electrons. The van der Waals surface area contributed by atoms with E-state index in [2.05, 4.69) is 0 Å². The second-order valence-electron chi connectivity index (χ2n) is 7.37. The van der Waals surface area contributed by atoms with Crippen LogP contribution in [0.4, 0.5) is 0 Å². The van der Waals surface area contributed by atoms with E-state index in [1.807, 2.05) is 30.3 Å². The summed E-state index contributed by atoms with van der Waals surface area (Å²) in [4.78, 5) is 25.0. The second-order valence-corrected chi connectivity index (χ2v) is 7.37. The predicted octanol–water partition coefficient (Wildman–Crippen LogP) is 2.84. The highest BCUT2D eigenvalue weighted by Gasteiger charge is 2.47. The van der Waals surface area contributed by atoms with Crippen LogP contribution in [-0.2, 0) is 14.3 Å². The van der Waals surface area contributed by atoms with Gasteiger partial charge in [0.2, 0.25) is 0 Å². The third-order valence-corrected chi connectivity index (χ3v) is 3.85. The Hall–Kier alpha value is -1.68. The van der Waals surface area contributed by atoms with Crippen molar-refractivity contribution in [2.75, 3.05) is 0 Å². The van der Waals surface area contributed by atoms with Crippen LogP contribution < -0.4 is 0 Å². The van der Waals surface area contributed by atoms with Crippen LogP contribution in [0.25, 0.3) is 0 Å². The van der Waals surface area contributed by atoms with Crippen molar-refractivity contribution < 1.29 is 19.4 Å². The molecule has 0 heterocycles. The smallest absolute Gasteiger partial charge is 0.317 e. The maximum atomic E-state index is 12.5. The topological polar surface area (TPSA) is 63.6 Å². The Kier molecular flexibility index (Phi) is 4.43. The minimum atomic E-state index is -1.09. The highest BCUT2D eigenvalue weighted by molar-refractivity contribution is 6.01. The zero-order valence-electron chi connectivity index (χ0n) is 13.6. The number of Topliss-reactive ketones (excluding diaryl/α,β-unsaturated/α-hetero) is 1. The molecule has 0 amide bonds. The first-order valence-corrected chi connectivity index (χ1v) is 7.62. The van der Waals surface area contributed by atoms with Crippen molar-refractivity contribution in [1.82, 2.24) is 0 Å². The number of hydrogen-bond donors (Lipinski definition) is 1. The van der Waals surface area contributed by atoms with E-state index in [1.54, 1.807) is 27.7 Å². The Morgan fingerprint density at radius 2 is 1.86 bits per heavy atom. The van der Waals surface area contributed by atoms with E-state index in [9.17, 15) is 14.7 Å². The van der Waals surface area contributed by atoms with Gasteiger partial charge in [0.15, 0.2) is 5.78 Å². The van der Waals surface area contributed by atoms with Crippen LogP contribution in [-0.4, -0.2) is 28.1 Å². The van der Waals surface area contributed by atoms with Gasteiger partial charge in [0.1, 0.15) is 11.5 Å².